The fraction of sp³-hybridized carbons (Fsp3) is 1.00. The monoisotopic (exact) mass is 114 g/mol. The van der Waals surface area contributed by atoms with Gasteiger partial charge in [0.2, 0.25) is 0 Å². The van der Waals surface area contributed by atoms with E-state index in [1.807, 2.05) is 0 Å². The van der Waals surface area contributed by atoms with Gasteiger partial charge in [0.1, 0.15) is 0 Å². The van der Waals surface area contributed by atoms with Crippen molar-refractivity contribution in [2.24, 2.45) is 5.92 Å². The van der Waals surface area contributed by atoms with Crippen molar-refractivity contribution in [1.82, 2.24) is 0 Å². The van der Waals surface area contributed by atoms with Crippen LogP contribution in [-0.2, 0) is 4.74 Å². The van der Waals surface area contributed by atoms with Crippen LogP contribution in [0.5, 0.6) is 0 Å². The molecular formula is C7H14O. The number of hydrogen-bond acceptors (Lipinski definition) is 1. The lowest BCUT2D eigenvalue weighted by Crippen LogP contribution is -2.04. The van der Waals surface area contributed by atoms with E-state index in [-0.39, 0.29) is 0 Å². The first-order chi connectivity index (χ1) is 3.83. The van der Waals surface area contributed by atoms with Crippen LogP contribution in [-0.4, -0.2) is 13.2 Å². The molecule has 0 bridgehead atoms. The maximum absolute atomic E-state index is 5.10. The molecule has 1 unspecified atom stereocenters. The normalized spacial score (nSPS) is 23.2. The smallest absolute Gasteiger partial charge is 0.0545 e. The molecule has 1 nitrogen and oxygen atoms in total. The number of rotatable bonds is 3. The second kappa shape index (κ2) is 2.49. The lowest BCUT2D eigenvalue weighted by molar-refractivity contribution is 0.106. The Morgan fingerprint density at radius 3 is 2.62 bits per heavy atom. The fourth-order valence-electron chi connectivity index (χ4n) is 0.919. The highest BCUT2D eigenvalue weighted by molar-refractivity contribution is 4.75. The van der Waals surface area contributed by atoms with Gasteiger partial charge in [-0.15, -0.1) is 0 Å². The molecule has 1 aliphatic rings. The zero-order valence-electron chi connectivity index (χ0n) is 5.68. The third kappa shape index (κ3) is 1.83. The van der Waals surface area contributed by atoms with Crippen molar-refractivity contribution in [3.63, 3.8) is 0 Å². The first-order valence-corrected chi connectivity index (χ1v) is 3.35. The summed E-state index contributed by atoms with van der Waals surface area (Å²) in [4.78, 5) is 0. The fourth-order valence-corrected chi connectivity index (χ4v) is 0.919. The van der Waals surface area contributed by atoms with E-state index in [9.17, 15) is 0 Å². The summed E-state index contributed by atoms with van der Waals surface area (Å²) in [6.07, 6.45) is 4.64. The van der Waals surface area contributed by atoms with Crippen molar-refractivity contribution < 1.29 is 4.74 Å². The zero-order chi connectivity index (χ0) is 5.98. The molecule has 0 aromatic heterocycles. The lowest BCUT2D eigenvalue weighted by atomic mass is 10.2. The third-order valence-electron chi connectivity index (χ3n) is 1.76. The Bertz CT molecular complexity index is 66.8. The number of methoxy groups -OCH3 is 1. The highest BCUT2D eigenvalue weighted by atomic mass is 16.5. The van der Waals surface area contributed by atoms with Gasteiger partial charge >= 0.3 is 0 Å². The van der Waals surface area contributed by atoms with Crippen LogP contribution in [0.2, 0.25) is 0 Å². The topological polar surface area (TPSA) is 9.23 Å². The predicted molar refractivity (Wildman–Crippen MR) is 33.8 cm³/mol. The lowest BCUT2D eigenvalue weighted by Gasteiger charge is -2.05. The molecule has 0 aliphatic heterocycles. The molecule has 0 saturated heterocycles. The Hall–Kier alpha value is -0.0400. The molecule has 0 amide bonds. The molecule has 0 spiro atoms. The van der Waals surface area contributed by atoms with Crippen molar-refractivity contribution >= 4 is 0 Å². The minimum atomic E-state index is 0.488. The van der Waals surface area contributed by atoms with Crippen LogP contribution in [0.3, 0.4) is 0 Å². The maximum atomic E-state index is 5.10. The van der Waals surface area contributed by atoms with Crippen LogP contribution in [0.25, 0.3) is 0 Å². The van der Waals surface area contributed by atoms with Gasteiger partial charge in [-0.2, -0.15) is 0 Å². The van der Waals surface area contributed by atoms with E-state index in [1.165, 1.54) is 19.3 Å². The second-order valence-electron chi connectivity index (χ2n) is 2.73. The second-order valence-corrected chi connectivity index (χ2v) is 2.73. The summed E-state index contributed by atoms with van der Waals surface area (Å²) < 4.78 is 5.10. The standard InChI is InChI=1S/C7H14O/c1-6(8-2)5-7-3-4-7/h6-7H,3-5H2,1-2H3. The first-order valence-electron chi connectivity index (χ1n) is 3.35. The van der Waals surface area contributed by atoms with Gasteiger partial charge in [0.15, 0.2) is 0 Å². The Morgan fingerprint density at radius 1 is 1.62 bits per heavy atom. The van der Waals surface area contributed by atoms with Crippen molar-refractivity contribution in [2.45, 2.75) is 32.3 Å². The maximum Gasteiger partial charge on any atom is 0.0545 e. The van der Waals surface area contributed by atoms with E-state index in [2.05, 4.69) is 6.92 Å². The number of hydrogen-bond donors (Lipinski definition) is 0. The van der Waals surface area contributed by atoms with E-state index in [0.717, 1.165) is 5.92 Å². The van der Waals surface area contributed by atoms with Crippen LogP contribution in [0.4, 0.5) is 0 Å². The van der Waals surface area contributed by atoms with Crippen molar-refractivity contribution in [3.8, 4) is 0 Å². The average Bonchev–Trinajstić information content (AvgIpc) is 2.50. The summed E-state index contributed by atoms with van der Waals surface area (Å²) in [6.45, 7) is 2.14. The average molecular weight is 114 g/mol. The molecule has 48 valence electrons. The van der Waals surface area contributed by atoms with Gasteiger partial charge in [-0.25, -0.2) is 0 Å². The van der Waals surface area contributed by atoms with Gasteiger partial charge in [-0.1, -0.05) is 12.8 Å². The van der Waals surface area contributed by atoms with E-state index < -0.39 is 0 Å². The van der Waals surface area contributed by atoms with Gasteiger partial charge in [0, 0.05) is 7.11 Å². The van der Waals surface area contributed by atoms with E-state index >= 15 is 0 Å². The van der Waals surface area contributed by atoms with E-state index in [4.69, 9.17) is 4.74 Å². The summed E-state index contributed by atoms with van der Waals surface area (Å²) in [5, 5.41) is 0. The highest BCUT2D eigenvalue weighted by Crippen LogP contribution is 2.33. The number of ether oxygens (including phenoxy) is 1. The van der Waals surface area contributed by atoms with Gasteiger partial charge < -0.3 is 4.74 Å². The van der Waals surface area contributed by atoms with Crippen LogP contribution in [0, 0.1) is 5.92 Å². The van der Waals surface area contributed by atoms with E-state index in [1.54, 1.807) is 7.11 Å². The third-order valence-corrected chi connectivity index (χ3v) is 1.76. The van der Waals surface area contributed by atoms with Crippen LogP contribution in [0.15, 0.2) is 0 Å². The Morgan fingerprint density at radius 2 is 2.25 bits per heavy atom. The zero-order valence-corrected chi connectivity index (χ0v) is 5.68. The Labute approximate surface area is 51.0 Å². The molecule has 0 radical (unpaired) electrons. The molecule has 0 N–H and O–H groups in total. The summed E-state index contributed by atoms with van der Waals surface area (Å²) in [6, 6.07) is 0. The van der Waals surface area contributed by atoms with Gasteiger partial charge in [-0.3, -0.25) is 0 Å². The summed E-state index contributed by atoms with van der Waals surface area (Å²) in [5.41, 5.74) is 0. The highest BCUT2D eigenvalue weighted by Gasteiger charge is 2.22. The molecule has 1 aliphatic carbocycles. The van der Waals surface area contributed by atoms with Crippen molar-refractivity contribution in [1.29, 1.82) is 0 Å². The minimum Gasteiger partial charge on any atom is -0.382 e. The SMILES string of the molecule is COC(C)CC1CC1. The van der Waals surface area contributed by atoms with Crippen molar-refractivity contribution in [2.75, 3.05) is 7.11 Å². The largest absolute Gasteiger partial charge is 0.382 e. The minimum absolute atomic E-state index is 0.488. The molecule has 0 heterocycles. The Kier molecular flexibility index (Phi) is 1.90. The molecule has 8 heavy (non-hydrogen) atoms. The van der Waals surface area contributed by atoms with E-state index in [0.29, 0.717) is 6.10 Å². The van der Waals surface area contributed by atoms with Crippen molar-refractivity contribution in [3.05, 3.63) is 0 Å². The van der Waals surface area contributed by atoms with Crippen LogP contribution in [0.1, 0.15) is 26.2 Å². The molecular weight excluding hydrogens is 100 g/mol. The summed E-state index contributed by atoms with van der Waals surface area (Å²) in [7, 11) is 1.78. The summed E-state index contributed by atoms with van der Waals surface area (Å²) in [5.74, 6) is 1.00. The summed E-state index contributed by atoms with van der Waals surface area (Å²) >= 11 is 0. The first kappa shape index (κ1) is 6.09. The van der Waals surface area contributed by atoms with Gasteiger partial charge in [0.25, 0.3) is 0 Å². The molecule has 0 aromatic rings. The van der Waals surface area contributed by atoms with Crippen LogP contribution >= 0.6 is 0 Å². The molecule has 1 saturated carbocycles. The molecule has 1 fully saturated rings. The molecule has 1 heteroatoms. The predicted octanol–water partition coefficient (Wildman–Crippen LogP) is 1.82. The Balaban J connectivity index is 1.98. The van der Waals surface area contributed by atoms with Gasteiger partial charge in [0.05, 0.1) is 6.10 Å². The van der Waals surface area contributed by atoms with Gasteiger partial charge in [-0.05, 0) is 19.3 Å². The quantitative estimate of drug-likeness (QED) is 0.543. The molecule has 0 aromatic carbocycles. The molecule has 1 atom stereocenters. The van der Waals surface area contributed by atoms with Crippen LogP contribution < -0.4 is 0 Å². The molecule has 1 rings (SSSR count).